The maximum absolute atomic E-state index is 14.1. The monoisotopic (exact) mass is 284 g/mol. The Hall–Kier alpha value is -1.20. The molecule has 0 bridgehead atoms. The van der Waals surface area contributed by atoms with Crippen LogP contribution < -0.4 is 10.1 Å². The van der Waals surface area contributed by atoms with Crippen LogP contribution in [0.5, 0.6) is 5.88 Å². The van der Waals surface area contributed by atoms with Crippen molar-refractivity contribution >= 4 is 0 Å². The Morgan fingerprint density at radius 3 is 2.65 bits per heavy atom. The summed E-state index contributed by atoms with van der Waals surface area (Å²) in [7, 11) is 0. The van der Waals surface area contributed by atoms with E-state index in [-0.39, 0.29) is 12.0 Å². The predicted octanol–water partition coefficient (Wildman–Crippen LogP) is 2.77. The van der Waals surface area contributed by atoms with E-state index in [1.165, 1.54) is 0 Å². The summed E-state index contributed by atoms with van der Waals surface area (Å²) in [6.45, 7) is 10.2. The van der Waals surface area contributed by atoms with Crippen LogP contribution in [0.4, 0.5) is 4.39 Å². The first kappa shape index (κ1) is 16.9. The Balaban J connectivity index is 2.47. The molecule has 0 aromatic carbocycles. The van der Waals surface area contributed by atoms with Gasteiger partial charge in [-0.1, -0.05) is 13.8 Å². The summed E-state index contributed by atoms with van der Waals surface area (Å²) in [6.07, 6.45) is 1.71. The van der Waals surface area contributed by atoms with Crippen LogP contribution in [-0.2, 0) is 11.3 Å². The average Bonchev–Trinajstić information content (AvgIpc) is 2.37. The van der Waals surface area contributed by atoms with E-state index >= 15 is 0 Å². The van der Waals surface area contributed by atoms with E-state index in [0.717, 1.165) is 6.54 Å². The zero-order valence-corrected chi connectivity index (χ0v) is 12.8. The summed E-state index contributed by atoms with van der Waals surface area (Å²) in [4.78, 5) is 3.92. The van der Waals surface area contributed by atoms with Gasteiger partial charge in [0.05, 0.1) is 12.7 Å². The lowest BCUT2D eigenvalue weighted by molar-refractivity contribution is 0.0532. The molecule has 20 heavy (non-hydrogen) atoms. The molecule has 5 heteroatoms. The average molecular weight is 284 g/mol. The van der Waals surface area contributed by atoms with Crippen LogP contribution in [0.1, 0.15) is 33.3 Å². The van der Waals surface area contributed by atoms with E-state index < -0.39 is 5.82 Å². The molecule has 0 atom stereocenters. The minimum Gasteiger partial charge on any atom is -0.473 e. The van der Waals surface area contributed by atoms with Gasteiger partial charge in [0.1, 0.15) is 6.61 Å². The van der Waals surface area contributed by atoms with Crippen molar-refractivity contribution in [1.82, 2.24) is 10.3 Å². The second kappa shape index (κ2) is 8.87. The lowest BCUT2D eigenvalue weighted by Gasteiger charge is -2.12. The third kappa shape index (κ3) is 6.30. The van der Waals surface area contributed by atoms with Gasteiger partial charge in [-0.05, 0) is 32.4 Å². The summed E-state index contributed by atoms with van der Waals surface area (Å²) in [6, 6.07) is 1.67. The Morgan fingerprint density at radius 1 is 1.25 bits per heavy atom. The highest BCUT2D eigenvalue weighted by Gasteiger charge is 2.10. The molecule has 0 aliphatic rings. The third-order valence-corrected chi connectivity index (χ3v) is 2.58. The molecule has 4 nitrogen and oxygen atoms in total. The van der Waals surface area contributed by atoms with Crippen LogP contribution in [-0.4, -0.2) is 30.8 Å². The quantitative estimate of drug-likeness (QED) is 0.708. The predicted molar refractivity (Wildman–Crippen MR) is 77.3 cm³/mol. The molecule has 114 valence electrons. The molecule has 0 aliphatic carbocycles. The largest absolute Gasteiger partial charge is 0.473 e. The molecule has 0 amide bonds. The highest BCUT2D eigenvalue weighted by molar-refractivity contribution is 5.23. The number of halogens is 1. The first-order valence-corrected chi connectivity index (χ1v) is 7.09. The van der Waals surface area contributed by atoms with Gasteiger partial charge >= 0.3 is 0 Å². The van der Waals surface area contributed by atoms with Gasteiger partial charge in [0.15, 0.2) is 5.82 Å². The molecule has 0 fully saturated rings. The summed E-state index contributed by atoms with van der Waals surface area (Å²) in [5.74, 6) is 0.179. The van der Waals surface area contributed by atoms with Gasteiger partial charge in [0.25, 0.3) is 5.88 Å². The number of nitrogens with zero attached hydrogens (tertiary/aromatic N) is 1. The molecule has 1 N–H and O–H groups in total. The van der Waals surface area contributed by atoms with Crippen molar-refractivity contribution in [2.75, 3.05) is 19.8 Å². The molecule has 1 aromatic rings. The highest BCUT2D eigenvalue weighted by atomic mass is 19.1. The van der Waals surface area contributed by atoms with Gasteiger partial charge in [-0.15, -0.1) is 0 Å². The fourth-order valence-corrected chi connectivity index (χ4v) is 1.62. The molecular weight excluding hydrogens is 259 g/mol. The van der Waals surface area contributed by atoms with E-state index in [0.29, 0.717) is 31.2 Å². The number of nitrogens with one attached hydrogen (secondary N) is 1. The summed E-state index contributed by atoms with van der Waals surface area (Å²) in [5, 5.41) is 3.20. The maximum atomic E-state index is 14.1. The van der Waals surface area contributed by atoms with Crippen LogP contribution in [0, 0.1) is 11.7 Å². The zero-order chi connectivity index (χ0) is 15.0. The minimum absolute atomic E-state index is 0.0428. The van der Waals surface area contributed by atoms with Crippen LogP contribution in [0.3, 0.4) is 0 Å². The molecule has 0 spiro atoms. The fraction of sp³-hybridized carbons (Fsp3) is 0.667. The molecule has 1 rings (SSSR count). The smallest absolute Gasteiger partial charge is 0.250 e. The molecular formula is C15H25FN2O2. The number of hydrogen-bond acceptors (Lipinski definition) is 4. The lowest BCUT2D eigenvalue weighted by atomic mass is 10.2. The molecule has 0 radical (unpaired) electrons. The summed E-state index contributed by atoms with van der Waals surface area (Å²) >= 11 is 0. The van der Waals surface area contributed by atoms with Crippen molar-refractivity contribution < 1.29 is 13.9 Å². The standard InChI is InChI=1S/C15H25FN2O2/c1-11(2)9-17-10-13-5-6-18-15(14(13)16)20-8-7-19-12(3)4/h5-6,11-12,17H,7-10H2,1-4H3. The number of pyridine rings is 1. The first-order valence-electron chi connectivity index (χ1n) is 7.09. The van der Waals surface area contributed by atoms with E-state index in [4.69, 9.17) is 9.47 Å². The van der Waals surface area contributed by atoms with Crippen molar-refractivity contribution in [3.05, 3.63) is 23.6 Å². The summed E-state index contributed by atoms with van der Waals surface area (Å²) < 4.78 is 24.8. The highest BCUT2D eigenvalue weighted by Crippen LogP contribution is 2.17. The number of hydrogen-bond donors (Lipinski definition) is 1. The molecule has 0 unspecified atom stereocenters. The van der Waals surface area contributed by atoms with Gasteiger partial charge in [-0.3, -0.25) is 0 Å². The van der Waals surface area contributed by atoms with E-state index in [1.807, 2.05) is 13.8 Å². The van der Waals surface area contributed by atoms with Crippen molar-refractivity contribution in [2.24, 2.45) is 5.92 Å². The Kier molecular flexibility index (Phi) is 7.47. The van der Waals surface area contributed by atoms with E-state index in [2.05, 4.69) is 24.1 Å². The topological polar surface area (TPSA) is 43.4 Å². The molecule has 0 saturated heterocycles. The van der Waals surface area contributed by atoms with Gasteiger partial charge in [0, 0.05) is 18.3 Å². The van der Waals surface area contributed by atoms with Gasteiger partial charge in [-0.2, -0.15) is 0 Å². The van der Waals surface area contributed by atoms with Gasteiger partial charge in [-0.25, -0.2) is 9.37 Å². The lowest BCUT2D eigenvalue weighted by Crippen LogP contribution is -2.20. The maximum Gasteiger partial charge on any atom is 0.250 e. The van der Waals surface area contributed by atoms with Crippen molar-refractivity contribution in [3.63, 3.8) is 0 Å². The molecule has 0 aliphatic heterocycles. The van der Waals surface area contributed by atoms with E-state index in [1.54, 1.807) is 12.3 Å². The number of rotatable bonds is 9. The molecule has 1 aromatic heterocycles. The van der Waals surface area contributed by atoms with Crippen molar-refractivity contribution in [1.29, 1.82) is 0 Å². The second-order valence-corrected chi connectivity index (χ2v) is 5.38. The Labute approximate surface area is 120 Å². The van der Waals surface area contributed by atoms with Gasteiger partial charge in [0.2, 0.25) is 0 Å². The van der Waals surface area contributed by atoms with Crippen LogP contribution in [0.25, 0.3) is 0 Å². The Bertz CT molecular complexity index is 397. The fourth-order valence-electron chi connectivity index (χ4n) is 1.62. The minimum atomic E-state index is -0.395. The third-order valence-electron chi connectivity index (χ3n) is 2.58. The molecule has 0 saturated carbocycles. The van der Waals surface area contributed by atoms with Crippen molar-refractivity contribution in [2.45, 2.75) is 40.3 Å². The number of ether oxygens (including phenoxy) is 2. The Morgan fingerprint density at radius 2 is 2.00 bits per heavy atom. The number of aromatic nitrogens is 1. The van der Waals surface area contributed by atoms with Gasteiger partial charge < -0.3 is 14.8 Å². The normalized spacial score (nSPS) is 11.3. The zero-order valence-electron chi connectivity index (χ0n) is 12.8. The van der Waals surface area contributed by atoms with E-state index in [9.17, 15) is 4.39 Å². The molecule has 1 heterocycles. The SMILES string of the molecule is CC(C)CNCc1ccnc(OCCOC(C)C)c1F. The summed E-state index contributed by atoms with van der Waals surface area (Å²) in [5.41, 5.74) is 0.570. The first-order chi connectivity index (χ1) is 9.50. The van der Waals surface area contributed by atoms with Crippen molar-refractivity contribution in [3.8, 4) is 5.88 Å². The van der Waals surface area contributed by atoms with Crippen LogP contribution >= 0.6 is 0 Å². The van der Waals surface area contributed by atoms with Crippen LogP contribution in [0.15, 0.2) is 12.3 Å². The second-order valence-electron chi connectivity index (χ2n) is 5.38. The van der Waals surface area contributed by atoms with Crippen LogP contribution in [0.2, 0.25) is 0 Å².